The molecule has 27 heavy (non-hydrogen) atoms. The predicted molar refractivity (Wildman–Crippen MR) is 95.0 cm³/mol. The van der Waals surface area contributed by atoms with E-state index in [2.05, 4.69) is 10.1 Å². The van der Waals surface area contributed by atoms with Crippen molar-refractivity contribution >= 4 is 23.2 Å². The van der Waals surface area contributed by atoms with E-state index in [4.69, 9.17) is 16.0 Å². The molecule has 8 heteroatoms. The van der Waals surface area contributed by atoms with Gasteiger partial charge in [0.1, 0.15) is 11.5 Å². The molecule has 2 aromatic carbocycles. The lowest BCUT2D eigenvalue weighted by atomic mass is 10.1. The number of rotatable bonds is 4. The second-order valence-corrected chi connectivity index (χ2v) is 6.02. The minimum absolute atomic E-state index is 0.103. The van der Waals surface area contributed by atoms with Gasteiger partial charge in [0.05, 0.1) is 11.3 Å². The maximum absolute atomic E-state index is 12.5. The average Bonchev–Trinajstić information content (AvgIpc) is 2.98. The first-order chi connectivity index (χ1) is 12.7. The van der Waals surface area contributed by atoms with Crippen LogP contribution >= 0.6 is 11.6 Å². The Morgan fingerprint density at radius 2 is 1.78 bits per heavy atom. The molecule has 3 rings (SSSR count). The Kier molecular flexibility index (Phi) is 5.14. The lowest BCUT2D eigenvalue weighted by molar-refractivity contribution is -0.274. The van der Waals surface area contributed by atoms with Gasteiger partial charge < -0.3 is 14.5 Å². The van der Waals surface area contributed by atoms with Gasteiger partial charge in [0, 0.05) is 10.6 Å². The monoisotopic (exact) mass is 395 g/mol. The fourth-order valence-corrected chi connectivity index (χ4v) is 2.56. The van der Waals surface area contributed by atoms with E-state index in [0.717, 1.165) is 6.07 Å². The number of halogens is 4. The van der Waals surface area contributed by atoms with Crippen LogP contribution in [-0.2, 0) is 0 Å². The van der Waals surface area contributed by atoms with Gasteiger partial charge in [-0.05, 0) is 49.4 Å². The van der Waals surface area contributed by atoms with Crippen molar-refractivity contribution in [3.8, 4) is 17.1 Å². The van der Waals surface area contributed by atoms with Crippen LogP contribution in [0.5, 0.6) is 5.75 Å². The molecule has 0 aliphatic rings. The number of carbonyl (C=O) groups is 1. The SMILES string of the molecule is Cc1oc(-c2ccc(Cl)cc2)cc1C(=O)Nc1ccccc1OC(F)(F)F. The fraction of sp³-hybridized carbons (Fsp3) is 0.105. The van der Waals surface area contributed by atoms with Crippen LogP contribution < -0.4 is 10.1 Å². The first kappa shape index (κ1) is 18.8. The second kappa shape index (κ2) is 7.36. The van der Waals surface area contributed by atoms with E-state index in [0.29, 0.717) is 22.1 Å². The first-order valence-electron chi connectivity index (χ1n) is 7.75. The second-order valence-electron chi connectivity index (χ2n) is 5.59. The van der Waals surface area contributed by atoms with Crippen LogP contribution in [0.15, 0.2) is 59.0 Å². The number of para-hydroxylation sites is 2. The largest absolute Gasteiger partial charge is 0.573 e. The number of nitrogens with one attached hydrogen (secondary N) is 1. The lowest BCUT2D eigenvalue weighted by Crippen LogP contribution is -2.19. The fourth-order valence-electron chi connectivity index (χ4n) is 2.44. The van der Waals surface area contributed by atoms with Crippen molar-refractivity contribution in [2.24, 2.45) is 0 Å². The average molecular weight is 396 g/mol. The topological polar surface area (TPSA) is 51.5 Å². The minimum Gasteiger partial charge on any atom is -0.461 e. The van der Waals surface area contributed by atoms with Gasteiger partial charge in [0.15, 0.2) is 5.75 Å². The summed E-state index contributed by atoms with van der Waals surface area (Å²) >= 11 is 5.85. The zero-order chi connectivity index (χ0) is 19.6. The zero-order valence-corrected chi connectivity index (χ0v) is 14.7. The first-order valence-corrected chi connectivity index (χ1v) is 8.13. The van der Waals surface area contributed by atoms with Gasteiger partial charge in [-0.1, -0.05) is 23.7 Å². The molecule has 3 aromatic rings. The molecule has 0 fully saturated rings. The van der Waals surface area contributed by atoms with Crippen LogP contribution in [0.2, 0.25) is 5.02 Å². The molecule has 0 radical (unpaired) electrons. The summed E-state index contributed by atoms with van der Waals surface area (Å²) in [5.41, 5.74) is 0.803. The number of benzene rings is 2. The number of furan rings is 1. The Labute approximate surface area is 157 Å². The molecular formula is C19H13ClF3NO3. The van der Waals surface area contributed by atoms with Crippen molar-refractivity contribution in [1.82, 2.24) is 0 Å². The van der Waals surface area contributed by atoms with Gasteiger partial charge >= 0.3 is 6.36 Å². The van der Waals surface area contributed by atoms with Gasteiger partial charge in [-0.15, -0.1) is 13.2 Å². The van der Waals surface area contributed by atoms with Crippen LogP contribution in [0, 0.1) is 6.92 Å². The minimum atomic E-state index is -4.87. The van der Waals surface area contributed by atoms with Gasteiger partial charge in [0.25, 0.3) is 5.91 Å². The number of carbonyl (C=O) groups excluding carboxylic acids is 1. The van der Waals surface area contributed by atoms with E-state index in [1.165, 1.54) is 24.3 Å². The van der Waals surface area contributed by atoms with E-state index < -0.39 is 18.0 Å². The van der Waals surface area contributed by atoms with Gasteiger partial charge in [-0.2, -0.15) is 0 Å². The molecular weight excluding hydrogens is 383 g/mol. The molecule has 0 unspecified atom stereocenters. The van der Waals surface area contributed by atoms with Crippen molar-refractivity contribution in [2.45, 2.75) is 13.3 Å². The third kappa shape index (κ3) is 4.62. The van der Waals surface area contributed by atoms with Crippen LogP contribution in [0.25, 0.3) is 11.3 Å². The van der Waals surface area contributed by atoms with E-state index in [-0.39, 0.29) is 11.3 Å². The Morgan fingerprint density at radius 1 is 1.11 bits per heavy atom. The lowest BCUT2D eigenvalue weighted by Gasteiger charge is -2.13. The molecule has 1 heterocycles. The van der Waals surface area contributed by atoms with E-state index in [1.807, 2.05) is 0 Å². The van der Waals surface area contributed by atoms with Crippen LogP contribution in [0.3, 0.4) is 0 Å². The number of amides is 1. The van der Waals surface area contributed by atoms with Gasteiger partial charge in [-0.3, -0.25) is 4.79 Å². The molecule has 140 valence electrons. The predicted octanol–water partition coefficient (Wildman–Crippen LogP) is 6.06. The summed E-state index contributed by atoms with van der Waals surface area (Å²) in [6.07, 6.45) is -4.87. The summed E-state index contributed by atoms with van der Waals surface area (Å²) in [5.74, 6) is -0.354. The Hall–Kier alpha value is -2.93. The molecule has 1 N–H and O–H groups in total. The maximum Gasteiger partial charge on any atom is 0.573 e. The highest BCUT2D eigenvalue weighted by atomic mass is 35.5. The van der Waals surface area contributed by atoms with E-state index in [9.17, 15) is 18.0 Å². The molecule has 0 saturated carbocycles. The standard InChI is InChI=1S/C19H13ClF3NO3/c1-11-14(10-17(26-11)12-6-8-13(20)9-7-12)18(25)24-15-4-2-3-5-16(15)27-19(21,22)23/h2-10H,1H3,(H,24,25). The van der Waals surface area contributed by atoms with Crippen LogP contribution in [0.1, 0.15) is 16.1 Å². The summed E-state index contributed by atoms with van der Waals surface area (Å²) in [4.78, 5) is 12.5. The summed E-state index contributed by atoms with van der Waals surface area (Å²) < 4.78 is 47.0. The van der Waals surface area contributed by atoms with Crippen LogP contribution in [0.4, 0.5) is 18.9 Å². The highest BCUT2D eigenvalue weighted by molar-refractivity contribution is 6.30. The van der Waals surface area contributed by atoms with Crippen molar-refractivity contribution < 1.29 is 27.1 Å². The Balaban J connectivity index is 1.85. The summed E-state index contributed by atoms with van der Waals surface area (Å²) in [7, 11) is 0. The van der Waals surface area contributed by atoms with Crippen molar-refractivity contribution in [3.05, 3.63) is 70.9 Å². The molecule has 0 spiro atoms. The number of ether oxygens (including phenoxy) is 1. The number of anilines is 1. The third-order valence-electron chi connectivity index (χ3n) is 3.65. The number of hydrogen-bond donors (Lipinski definition) is 1. The summed E-state index contributed by atoms with van der Waals surface area (Å²) in [6, 6.07) is 13.6. The summed E-state index contributed by atoms with van der Waals surface area (Å²) in [6.45, 7) is 1.59. The van der Waals surface area contributed by atoms with Crippen molar-refractivity contribution in [1.29, 1.82) is 0 Å². The highest BCUT2D eigenvalue weighted by Crippen LogP contribution is 2.31. The normalized spacial score (nSPS) is 11.3. The highest BCUT2D eigenvalue weighted by Gasteiger charge is 2.32. The number of hydrogen-bond acceptors (Lipinski definition) is 3. The van der Waals surface area contributed by atoms with Gasteiger partial charge in [0.2, 0.25) is 0 Å². The maximum atomic E-state index is 12.5. The quantitative estimate of drug-likeness (QED) is 0.584. The molecule has 0 aliphatic carbocycles. The summed E-state index contributed by atoms with van der Waals surface area (Å²) in [5, 5.41) is 2.98. The number of aryl methyl sites for hydroxylation is 1. The molecule has 0 aliphatic heterocycles. The molecule has 1 amide bonds. The zero-order valence-electron chi connectivity index (χ0n) is 13.9. The molecule has 4 nitrogen and oxygen atoms in total. The smallest absolute Gasteiger partial charge is 0.461 e. The van der Waals surface area contributed by atoms with E-state index in [1.54, 1.807) is 31.2 Å². The molecule has 0 atom stereocenters. The van der Waals surface area contributed by atoms with Crippen molar-refractivity contribution in [3.63, 3.8) is 0 Å². The van der Waals surface area contributed by atoms with Crippen molar-refractivity contribution in [2.75, 3.05) is 5.32 Å². The van der Waals surface area contributed by atoms with Gasteiger partial charge in [-0.25, -0.2) is 0 Å². The Bertz CT molecular complexity index is 965. The molecule has 0 bridgehead atoms. The number of alkyl halides is 3. The van der Waals surface area contributed by atoms with Crippen LogP contribution in [-0.4, -0.2) is 12.3 Å². The Morgan fingerprint density at radius 3 is 2.44 bits per heavy atom. The third-order valence-corrected chi connectivity index (χ3v) is 3.90. The molecule has 1 aromatic heterocycles. The van der Waals surface area contributed by atoms with E-state index >= 15 is 0 Å². The molecule has 0 saturated heterocycles.